The molecule has 2 heterocycles. The predicted molar refractivity (Wildman–Crippen MR) is 88.0 cm³/mol. The summed E-state index contributed by atoms with van der Waals surface area (Å²) in [6.45, 7) is 3.47. The maximum atomic E-state index is 5.08. The SMILES string of the molecule is COCCNc1ncnc2scc(-c3ccc(C)cc3)c12. The molecule has 21 heavy (non-hydrogen) atoms. The van der Waals surface area contributed by atoms with Crippen LogP contribution in [0, 0.1) is 6.92 Å². The van der Waals surface area contributed by atoms with E-state index >= 15 is 0 Å². The molecular weight excluding hydrogens is 282 g/mol. The maximum Gasteiger partial charge on any atom is 0.138 e. The lowest BCUT2D eigenvalue weighted by Crippen LogP contribution is -2.09. The Labute approximate surface area is 127 Å². The lowest BCUT2D eigenvalue weighted by Gasteiger charge is -2.08. The van der Waals surface area contributed by atoms with Crippen molar-refractivity contribution in [1.82, 2.24) is 9.97 Å². The first-order valence-electron chi connectivity index (χ1n) is 6.81. The number of ether oxygens (including phenoxy) is 1. The number of aromatic nitrogens is 2. The van der Waals surface area contributed by atoms with Gasteiger partial charge in [-0.2, -0.15) is 0 Å². The number of nitrogens with zero attached hydrogens (tertiary/aromatic N) is 2. The number of benzene rings is 1. The van der Waals surface area contributed by atoms with Gasteiger partial charge in [0.05, 0.1) is 12.0 Å². The molecule has 4 nitrogen and oxygen atoms in total. The van der Waals surface area contributed by atoms with Crippen LogP contribution < -0.4 is 5.32 Å². The molecule has 0 radical (unpaired) electrons. The molecular formula is C16H17N3OS. The van der Waals surface area contributed by atoms with E-state index in [1.54, 1.807) is 24.8 Å². The van der Waals surface area contributed by atoms with Gasteiger partial charge in [-0.15, -0.1) is 11.3 Å². The summed E-state index contributed by atoms with van der Waals surface area (Å²) in [5, 5.41) is 6.56. The van der Waals surface area contributed by atoms with Crippen LogP contribution in [0.15, 0.2) is 36.0 Å². The van der Waals surface area contributed by atoms with Crippen molar-refractivity contribution in [2.24, 2.45) is 0 Å². The molecule has 5 heteroatoms. The second-order valence-electron chi connectivity index (χ2n) is 4.84. The number of methoxy groups -OCH3 is 1. The molecule has 0 aliphatic rings. The lowest BCUT2D eigenvalue weighted by molar-refractivity contribution is 0.210. The Hall–Kier alpha value is -1.98. The zero-order chi connectivity index (χ0) is 14.7. The third kappa shape index (κ3) is 2.89. The third-order valence-electron chi connectivity index (χ3n) is 3.33. The van der Waals surface area contributed by atoms with Crippen LogP contribution in [-0.2, 0) is 4.74 Å². The summed E-state index contributed by atoms with van der Waals surface area (Å²) < 4.78 is 5.08. The first-order valence-corrected chi connectivity index (χ1v) is 7.69. The zero-order valence-corrected chi connectivity index (χ0v) is 12.9. The van der Waals surface area contributed by atoms with Gasteiger partial charge >= 0.3 is 0 Å². The molecule has 1 N–H and O–H groups in total. The molecule has 0 spiro atoms. The van der Waals surface area contributed by atoms with Crippen LogP contribution in [0.2, 0.25) is 0 Å². The van der Waals surface area contributed by atoms with E-state index in [0.29, 0.717) is 6.61 Å². The summed E-state index contributed by atoms with van der Waals surface area (Å²) in [7, 11) is 1.69. The molecule has 0 saturated heterocycles. The fourth-order valence-electron chi connectivity index (χ4n) is 2.23. The van der Waals surface area contributed by atoms with Gasteiger partial charge in [0.2, 0.25) is 0 Å². The summed E-state index contributed by atoms with van der Waals surface area (Å²) in [5.74, 6) is 0.869. The molecule has 0 bridgehead atoms. The molecule has 1 aromatic carbocycles. The highest BCUT2D eigenvalue weighted by Gasteiger charge is 2.12. The topological polar surface area (TPSA) is 47.0 Å². The van der Waals surface area contributed by atoms with E-state index < -0.39 is 0 Å². The Kier molecular flexibility index (Phi) is 4.13. The monoisotopic (exact) mass is 299 g/mol. The zero-order valence-electron chi connectivity index (χ0n) is 12.1. The number of thiophene rings is 1. The van der Waals surface area contributed by atoms with Crippen molar-refractivity contribution in [2.45, 2.75) is 6.92 Å². The molecule has 3 rings (SSSR count). The number of rotatable bonds is 5. The van der Waals surface area contributed by atoms with Crippen LogP contribution in [0.5, 0.6) is 0 Å². The average molecular weight is 299 g/mol. The Morgan fingerprint density at radius 3 is 2.76 bits per heavy atom. The summed E-state index contributed by atoms with van der Waals surface area (Å²) in [4.78, 5) is 9.75. The minimum atomic E-state index is 0.648. The van der Waals surface area contributed by atoms with Crippen molar-refractivity contribution in [3.63, 3.8) is 0 Å². The average Bonchev–Trinajstić information content (AvgIpc) is 2.93. The Morgan fingerprint density at radius 2 is 2.00 bits per heavy atom. The number of nitrogens with one attached hydrogen (secondary N) is 1. The van der Waals surface area contributed by atoms with Crippen LogP contribution in [-0.4, -0.2) is 30.2 Å². The number of aryl methyl sites for hydroxylation is 1. The normalized spacial score (nSPS) is 11.0. The third-order valence-corrected chi connectivity index (χ3v) is 4.22. The molecule has 0 atom stereocenters. The van der Waals surface area contributed by atoms with Crippen LogP contribution in [0.1, 0.15) is 5.56 Å². The standard InChI is InChI=1S/C16H17N3OS/c1-11-3-5-12(6-4-11)13-9-21-16-14(13)15(18-10-19-16)17-7-8-20-2/h3-6,9-10H,7-8H2,1-2H3,(H,17,18,19). The van der Waals surface area contributed by atoms with Crippen LogP contribution in [0.3, 0.4) is 0 Å². The van der Waals surface area contributed by atoms with Crippen molar-refractivity contribution in [1.29, 1.82) is 0 Å². The number of anilines is 1. The number of hydrogen-bond donors (Lipinski definition) is 1. The first kappa shape index (κ1) is 14.0. The maximum absolute atomic E-state index is 5.08. The van der Waals surface area contributed by atoms with E-state index in [1.165, 1.54) is 16.7 Å². The summed E-state index contributed by atoms with van der Waals surface area (Å²) >= 11 is 1.64. The van der Waals surface area contributed by atoms with Crippen molar-refractivity contribution < 1.29 is 4.74 Å². The molecule has 3 aromatic rings. The highest BCUT2D eigenvalue weighted by Crippen LogP contribution is 2.36. The van der Waals surface area contributed by atoms with Crippen molar-refractivity contribution in [3.05, 3.63) is 41.5 Å². The highest BCUT2D eigenvalue weighted by atomic mass is 32.1. The number of hydrogen-bond acceptors (Lipinski definition) is 5. The van der Waals surface area contributed by atoms with Crippen LogP contribution >= 0.6 is 11.3 Å². The van der Waals surface area contributed by atoms with E-state index in [1.807, 2.05) is 0 Å². The second kappa shape index (κ2) is 6.20. The van der Waals surface area contributed by atoms with E-state index in [2.05, 4.69) is 51.9 Å². The molecule has 0 aliphatic heterocycles. The fraction of sp³-hybridized carbons (Fsp3) is 0.250. The van der Waals surface area contributed by atoms with Gasteiger partial charge in [-0.1, -0.05) is 29.8 Å². The Balaban J connectivity index is 2.04. The number of fused-ring (bicyclic) bond motifs is 1. The molecule has 0 aliphatic carbocycles. The highest BCUT2D eigenvalue weighted by molar-refractivity contribution is 7.17. The van der Waals surface area contributed by atoms with E-state index in [-0.39, 0.29) is 0 Å². The van der Waals surface area contributed by atoms with Crippen molar-refractivity contribution in [3.8, 4) is 11.1 Å². The minimum absolute atomic E-state index is 0.648. The van der Waals surface area contributed by atoms with Crippen molar-refractivity contribution in [2.75, 3.05) is 25.6 Å². The molecule has 0 fully saturated rings. The Bertz CT molecular complexity index is 737. The van der Waals surface area contributed by atoms with Crippen LogP contribution in [0.25, 0.3) is 21.3 Å². The fourth-order valence-corrected chi connectivity index (χ4v) is 3.14. The van der Waals surface area contributed by atoms with Crippen LogP contribution in [0.4, 0.5) is 5.82 Å². The van der Waals surface area contributed by atoms with Gasteiger partial charge in [-0.3, -0.25) is 0 Å². The van der Waals surface area contributed by atoms with Gasteiger partial charge < -0.3 is 10.1 Å². The van der Waals surface area contributed by atoms with E-state index in [4.69, 9.17) is 4.74 Å². The molecule has 0 amide bonds. The first-order chi connectivity index (χ1) is 10.3. The lowest BCUT2D eigenvalue weighted by atomic mass is 10.0. The van der Waals surface area contributed by atoms with Gasteiger partial charge in [-0.25, -0.2) is 9.97 Å². The summed E-state index contributed by atoms with van der Waals surface area (Å²) in [5.41, 5.74) is 3.62. The molecule has 0 saturated carbocycles. The largest absolute Gasteiger partial charge is 0.383 e. The summed E-state index contributed by atoms with van der Waals surface area (Å²) in [6, 6.07) is 8.53. The molecule has 0 unspecified atom stereocenters. The van der Waals surface area contributed by atoms with E-state index in [0.717, 1.165) is 22.6 Å². The van der Waals surface area contributed by atoms with Gasteiger partial charge in [0.1, 0.15) is 17.0 Å². The van der Waals surface area contributed by atoms with Crippen molar-refractivity contribution >= 4 is 27.4 Å². The van der Waals surface area contributed by atoms with Gasteiger partial charge in [-0.05, 0) is 12.5 Å². The predicted octanol–water partition coefficient (Wildman–Crippen LogP) is 3.73. The minimum Gasteiger partial charge on any atom is -0.383 e. The van der Waals surface area contributed by atoms with Gasteiger partial charge in [0, 0.05) is 24.6 Å². The van der Waals surface area contributed by atoms with Gasteiger partial charge in [0.15, 0.2) is 0 Å². The molecule has 2 aromatic heterocycles. The Morgan fingerprint density at radius 1 is 1.19 bits per heavy atom. The quantitative estimate of drug-likeness (QED) is 0.729. The summed E-state index contributed by atoms with van der Waals surface area (Å²) in [6.07, 6.45) is 1.60. The van der Waals surface area contributed by atoms with E-state index in [9.17, 15) is 0 Å². The molecule has 108 valence electrons. The second-order valence-corrected chi connectivity index (χ2v) is 5.70. The smallest absolute Gasteiger partial charge is 0.138 e. The van der Waals surface area contributed by atoms with Gasteiger partial charge in [0.25, 0.3) is 0 Å².